The molecule has 1 fully saturated rings. The summed E-state index contributed by atoms with van der Waals surface area (Å²) in [5.74, 6) is 0.457. The lowest BCUT2D eigenvalue weighted by Crippen LogP contribution is -2.31. The molecule has 0 aliphatic carbocycles. The van der Waals surface area contributed by atoms with Gasteiger partial charge in [-0.3, -0.25) is 9.59 Å². The molecule has 4 aromatic carbocycles. The van der Waals surface area contributed by atoms with E-state index < -0.39 is 6.29 Å². The van der Waals surface area contributed by atoms with Gasteiger partial charge in [-0.05, 0) is 82.9 Å². The highest BCUT2D eigenvalue weighted by Crippen LogP contribution is 2.40. The number of rotatable bonds is 15. The van der Waals surface area contributed by atoms with Crippen LogP contribution in [0.3, 0.4) is 0 Å². The number of nitrogens with two attached hydrogens (primary N) is 1. The van der Waals surface area contributed by atoms with Crippen molar-refractivity contribution in [3.05, 3.63) is 114 Å². The Morgan fingerprint density at radius 3 is 2.37 bits per heavy atom. The molecule has 0 radical (unpaired) electrons. The zero-order chi connectivity index (χ0) is 36.3. The van der Waals surface area contributed by atoms with Gasteiger partial charge in [-0.15, -0.1) is 5.10 Å². The van der Waals surface area contributed by atoms with Crippen molar-refractivity contribution in [1.82, 2.24) is 20.2 Å². The number of amides is 2. The summed E-state index contributed by atoms with van der Waals surface area (Å²) < 4.78 is 14.6. The third kappa shape index (κ3) is 9.94. The fraction of sp³-hybridized carbons (Fsp3) is 0.289. The molecule has 3 atom stereocenters. The third-order valence-electron chi connectivity index (χ3n) is 8.53. The Bertz CT molecular complexity index is 1940. The van der Waals surface area contributed by atoms with E-state index in [1.54, 1.807) is 41.1 Å². The Balaban J connectivity index is 1.05. The van der Waals surface area contributed by atoms with Crippen molar-refractivity contribution in [3.63, 3.8) is 0 Å². The number of nitrogens with zero attached hydrogens (tertiary/aromatic N) is 4. The number of thioether (sulfide) groups is 1. The number of hydrogen-bond donors (Lipinski definition) is 5. The first-order valence-corrected chi connectivity index (χ1v) is 18.1. The van der Waals surface area contributed by atoms with E-state index >= 15 is 0 Å². The highest BCUT2D eigenvalue weighted by molar-refractivity contribution is 7.99. The standard InChI is InChI=1S/C38H41N7O6S/c39-32-9-4-5-10-33(32)41-36(49)12-3-1-2-11-35(48)40-28-8-6-7-27(21-28)37-50-31(22-34(51-37)26-15-13-25(23-46)14-16-26)24-52-38-42-43-44-45(38)29-17-19-30(47)20-18-29/h4-10,13-21,31,34,37,46-47H,1-3,11-12,22-24,39H2,(H,40,48)(H,41,49)/t31-,34+,37+/m0/s1. The van der Waals surface area contributed by atoms with Crippen molar-refractivity contribution in [2.75, 3.05) is 22.1 Å². The van der Waals surface area contributed by atoms with Crippen LogP contribution in [0.1, 0.15) is 67.6 Å². The van der Waals surface area contributed by atoms with Crippen LogP contribution < -0.4 is 16.4 Å². The number of phenols is 1. The quantitative estimate of drug-likeness (QED) is 0.0463. The van der Waals surface area contributed by atoms with Crippen molar-refractivity contribution >= 4 is 40.6 Å². The third-order valence-corrected chi connectivity index (χ3v) is 9.58. The van der Waals surface area contributed by atoms with Crippen molar-refractivity contribution < 1.29 is 29.3 Å². The second kappa shape index (κ2) is 17.8. The summed E-state index contributed by atoms with van der Waals surface area (Å²) in [7, 11) is 0. The number of nitrogens with one attached hydrogen (secondary N) is 2. The summed E-state index contributed by atoms with van der Waals surface area (Å²) in [6.07, 6.45) is 2.02. The fourth-order valence-corrected chi connectivity index (χ4v) is 6.68. The van der Waals surface area contributed by atoms with E-state index in [-0.39, 0.29) is 36.4 Å². The summed E-state index contributed by atoms with van der Waals surface area (Å²) in [4.78, 5) is 25.1. The number of unbranched alkanes of at least 4 members (excludes halogenated alkanes) is 2. The topological polar surface area (TPSA) is 187 Å². The van der Waals surface area contributed by atoms with Crippen molar-refractivity contribution in [2.24, 2.45) is 0 Å². The number of hydrogen-bond acceptors (Lipinski definition) is 11. The molecule has 2 amide bonds. The lowest BCUT2D eigenvalue weighted by Gasteiger charge is -2.36. The number of anilines is 3. The van der Waals surface area contributed by atoms with Gasteiger partial charge in [0.05, 0.1) is 35.9 Å². The van der Waals surface area contributed by atoms with Crippen LogP contribution >= 0.6 is 11.8 Å². The molecule has 6 N–H and O–H groups in total. The normalized spacial score (nSPS) is 17.1. The van der Waals surface area contributed by atoms with Crippen molar-refractivity contribution in [1.29, 1.82) is 0 Å². The number of benzene rings is 4. The van der Waals surface area contributed by atoms with E-state index in [2.05, 4.69) is 26.2 Å². The van der Waals surface area contributed by atoms with Crippen molar-refractivity contribution in [3.8, 4) is 11.4 Å². The molecule has 0 bridgehead atoms. The number of ether oxygens (including phenoxy) is 2. The van der Waals surface area contributed by atoms with Crippen LogP contribution in [0.2, 0.25) is 0 Å². The predicted molar refractivity (Wildman–Crippen MR) is 198 cm³/mol. The van der Waals surface area contributed by atoms with Gasteiger partial charge in [0.1, 0.15) is 5.75 Å². The van der Waals surface area contributed by atoms with Crippen LogP contribution in [0.25, 0.3) is 5.69 Å². The molecule has 1 aliphatic heterocycles. The molecule has 1 aliphatic rings. The minimum atomic E-state index is -0.718. The lowest BCUT2D eigenvalue weighted by atomic mass is 10.0. The molecule has 270 valence electrons. The molecule has 13 nitrogen and oxygen atoms in total. The van der Waals surface area contributed by atoms with Crippen LogP contribution in [0.5, 0.6) is 5.75 Å². The Morgan fingerprint density at radius 2 is 1.62 bits per heavy atom. The summed E-state index contributed by atoms with van der Waals surface area (Å²) in [5.41, 5.74) is 10.9. The molecule has 1 aromatic heterocycles. The smallest absolute Gasteiger partial charge is 0.224 e. The first-order valence-electron chi connectivity index (χ1n) is 17.1. The number of aliphatic hydroxyl groups excluding tert-OH is 1. The highest BCUT2D eigenvalue weighted by atomic mass is 32.2. The van der Waals surface area contributed by atoms with Gasteiger partial charge in [0.25, 0.3) is 0 Å². The van der Waals surface area contributed by atoms with Gasteiger partial charge in [0.2, 0.25) is 17.0 Å². The number of carbonyl (C=O) groups excluding carboxylic acids is 2. The molecule has 52 heavy (non-hydrogen) atoms. The van der Waals surface area contributed by atoms with Gasteiger partial charge in [-0.25, -0.2) is 0 Å². The molecule has 0 saturated carbocycles. The number of tetrazole rings is 1. The van der Waals surface area contributed by atoms with Gasteiger partial charge >= 0.3 is 0 Å². The fourth-order valence-electron chi connectivity index (χ4n) is 5.77. The van der Waals surface area contributed by atoms with E-state index in [4.69, 9.17) is 15.2 Å². The van der Waals surface area contributed by atoms with E-state index in [0.717, 1.165) is 23.1 Å². The van der Waals surface area contributed by atoms with Gasteiger partial charge in [-0.1, -0.05) is 66.7 Å². The molecule has 1 saturated heterocycles. The van der Waals surface area contributed by atoms with Crippen LogP contribution in [-0.4, -0.2) is 54.1 Å². The first-order chi connectivity index (χ1) is 25.3. The van der Waals surface area contributed by atoms with Gasteiger partial charge < -0.3 is 36.1 Å². The Labute approximate surface area is 305 Å². The monoisotopic (exact) mass is 723 g/mol. The summed E-state index contributed by atoms with van der Waals surface area (Å²) >= 11 is 1.45. The lowest BCUT2D eigenvalue weighted by molar-refractivity contribution is -0.245. The van der Waals surface area contributed by atoms with E-state index in [1.165, 1.54) is 11.8 Å². The maximum Gasteiger partial charge on any atom is 0.224 e. The zero-order valence-electron chi connectivity index (χ0n) is 28.4. The molecular weight excluding hydrogens is 683 g/mol. The number of nitrogen functional groups attached to an aromatic ring is 1. The molecule has 0 unspecified atom stereocenters. The van der Waals surface area contributed by atoms with Gasteiger partial charge in [0.15, 0.2) is 6.29 Å². The maximum absolute atomic E-state index is 12.8. The molecule has 5 aromatic rings. The molecular formula is C38H41N7O6S. The van der Waals surface area contributed by atoms with E-state index in [1.807, 2.05) is 60.7 Å². The number of carbonyl (C=O) groups is 2. The Hall–Kier alpha value is -5.28. The summed E-state index contributed by atoms with van der Waals surface area (Å²) in [6, 6.07) is 28.9. The average Bonchev–Trinajstić information content (AvgIpc) is 3.64. The minimum absolute atomic E-state index is 0.0487. The minimum Gasteiger partial charge on any atom is -0.508 e. The van der Waals surface area contributed by atoms with Crippen LogP contribution in [-0.2, 0) is 25.7 Å². The molecule has 14 heteroatoms. The van der Waals surface area contributed by atoms with E-state index in [9.17, 15) is 19.8 Å². The zero-order valence-corrected chi connectivity index (χ0v) is 29.2. The highest BCUT2D eigenvalue weighted by Gasteiger charge is 2.33. The predicted octanol–water partition coefficient (Wildman–Crippen LogP) is 6.31. The van der Waals surface area contributed by atoms with Crippen LogP contribution in [0.4, 0.5) is 17.1 Å². The molecule has 2 heterocycles. The average molecular weight is 724 g/mol. The van der Waals surface area contributed by atoms with Gasteiger partial charge in [-0.2, -0.15) is 4.68 Å². The largest absolute Gasteiger partial charge is 0.508 e. The second-order valence-corrected chi connectivity index (χ2v) is 13.4. The molecule has 6 rings (SSSR count). The summed E-state index contributed by atoms with van der Waals surface area (Å²) in [6.45, 7) is -0.0487. The Morgan fingerprint density at radius 1 is 0.865 bits per heavy atom. The van der Waals surface area contributed by atoms with E-state index in [0.29, 0.717) is 65.8 Å². The van der Waals surface area contributed by atoms with Gasteiger partial charge in [0, 0.05) is 36.3 Å². The number of para-hydroxylation sites is 2. The SMILES string of the molecule is Nc1ccccc1NC(=O)CCCCCC(=O)Nc1cccc([C@@H]2O[C@H](CSc3nnnn3-c3ccc(O)cc3)C[C@H](c3ccc(CO)cc3)O2)c1. The van der Waals surface area contributed by atoms with Crippen molar-refractivity contribution in [2.45, 2.75) is 68.8 Å². The Kier molecular flexibility index (Phi) is 12.5. The number of aromatic nitrogens is 4. The molecule has 0 spiro atoms. The number of phenolic OH excluding ortho intramolecular Hbond substituents is 1. The number of aromatic hydroxyl groups is 1. The summed E-state index contributed by atoms with van der Waals surface area (Å²) in [5, 5.41) is 37.8. The first kappa shape index (κ1) is 36.5. The van der Waals surface area contributed by atoms with Crippen LogP contribution in [0.15, 0.2) is 102 Å². The van der Waals surface area contributed by atoms with Crippen LogP contribution in [0, 0.1) is 0 Å². The second-order valence-electron chi connectivity index (χ2n) is 12.4. The number of aliphatic hydroxyl groups is 1. The maximum atomic E-state index is 12.8.